The fraction of sp³-hybridized carbons (Fsp3) is 0.125. The molecule has 158 valence electrons. The second kappa shape index (κ2) is 10.6. The molecule has 0 aliphatic carbocycles. The van der Waals surface area contributed by atoms with Crippen LogP contribution in [0.5, 0.6) is 17.2 Å². The van der Waals surface area contributed by atoms with Gasteiger partial charge in [0, 0.05) is 0 Å². The molecule has 7 heteroatoms. The minimum Gasteiger partial charge on any atom is -0.507 e. The van der Waals surface area contributed by atoms with E-state index in [4.69, 9.17) is 9.47 Å². The summed E-state index contributed by atoms with van der Waals surface area (Å²) in [7, 11) is 0. The third-order valence-electron chi connectivity index (χ3n) is 4.18. The zero-order chi connectivity index (χ0) is 22.1. The topological polar surface area (TPSA) is 97.2 Å². The number of benzene rings is 3. The first kappa shape index (κ1) is 21.6. The van der Waals surface area contributed by atoms with Crippen molar-refractivity contribution >= 4 is 18.1 Å². The maximum atomic E-state index is 12.3. The summed E-state index contributed by atoms with van der Waals surface area (Å²) >= 11 is 0. The van der Waals surface area contributed by atoms with Crippen molar-refractivity contribution in [3.8, 4) is 17.2 Å². The number of rotatable bonds is 8. The summed E-state index contributed by atoms with van der Waals surface area (Å²) in [5.74, 6) is -0.0304. The Labute approximate surface area is 179 Å². The molecule has 0 bridgehead atoms. The Hall–Kier alpha value is -4.13. The number of aromatic hydroxyl groups is 1. The van der Waals surface area contributed by atoms with Gasteiger partial charge in [-0.25, -0.2) is 10.2 Å². The van der Waals surface area contributed by atoms with E-state index in [0.717, 1.165) is 6.42 Å². The van der Waals surface area contributed by atoms with Crippen LogP contribution in [-0.2, 0) is 0 Å². The lowest BCUT2D eigenvalue weighted by Gasteiger charge is -2.07. The minimum absolute atomic E-state index is 0.121. The maximum Gasteiger partial charge on any atom is 0.343 e. The molecular weight excluding hydrogens is 396 g/mol. The van der Waals surface area contributed by atoms with E-state index >= 15 is 0 Å². The normalized spacial score (nSPS) is 10.6. The Morgan fingerprint density at radius 3 is 2.32 bits per heavy atom. The van der Waals surface area contributed by atoms with Crippen LogP contribution in [0.15, 0.2) is 77.9 Å². The smallest absolute Gasteiger partial charge is 0.343 e. The Morgan fingerprint density at radius 2 is 1.65 bits per heavy atom. The van der Waals surface area contributed by atoms with Crippen molar-refractivity contribution in [3.05, 3.63) is 89.5 Å². The molecule has 3 aromatic rings. The molecule has 0 heterocycles. The van der Waals surface area contributed by atoms with Crippen molar-refractivity contribution in [2.24, 2.45) is 5.10 Å². The zero-order valence-electron chi connectivity index (χ0n) is 16.9. The number of hydrogen-bond donors (Lipinski definition) is 2. The van der Waals surface area contributed by atoms with E-state index < -0.39 is 11.9 Å². The first-order chi connectivity index (χ1) is 15.1. The summed E-state index contributed by atoms with van der Waals surface area (Å²) in [5.41, 5.74) is 3.59. The van der Waals surface area contributed by atoms with E-state index in [2.05, 4.69) is 10.5 Å². The van der Waals surface area contributed by atoms with Gasteiger partial charge >= 0.3 is 5.97 Å². The van der Waals surface area contributed by atoms with Gasteiger partial charge in [0.25, 0.3) is 5.91 Å². The SMILES string of the molecule is CCCOc1ccc(C(=O)Oc2ccc(/C=N/NC(=O)c3ccccc3O)cc2)cc1. The van der Waals surface area contributed by atoms with Gasteiger partial charge in [-0.3, -0.25) is 4.79 Å². The van der Waals surface area contributed by atoms with Gasteiger partial charge < -0.3 is 14.6 Å². The molecule has 0 aliphatic rings. The number of carbonyl (C=O) groups is 2. The molecule has 0 unspecified atom stereocenters. The van der Waals surface area contributed by atoms with E-state index in [0.29, 0.717) is 29.2 Å². The number of nitrogens with zero attached hydrogens (tertiary/aromatic N) is 1. The number of esters is 1. The molecule has 2 N–H and O–H groups in total. The highest BCUT2D eigenvalue weighted by Gasteiger charge is 2.10. The van der Waals surface area contributed by atoms with Crippen LogP contribution in [0.3, 0.4) is 0 Å². The molecule has 3 aromatic carbocycles. The number of amides is 1. The van der Waals surface area contributed by atoms with Gasteiger partial charge in [-0.1, -0.05) is 19.1 Å². The summed E-state index contributed by atoms with van der Waals surface area (Å²) in [6, 6.07) is 19.6. The van der Waals surface area contributed by atoms with Crippen LogP contribution in [0.4, 0.5) is 0 Å². The van der Waals surface area contributed by atoms with E-state index in [1.165, 1.54) is 18.3 Å². The minimum atomic E-state index is -0.522. The van der Waals surface area contributed by atoms with Crippen molar-refractivity contribution in [3.63, 3.8) is 0 Å². The number of phenols is 1. The molecule has 1 amide bonds. The van der Waals surface area contributed by atoms with Crippen LogP contribution >= 0.6 is 0 Å². The van der Waals surface area contributed by atoms with Crippen molar-refractivity contribution in [2.75, 3.05) is 6.61 Å². The number of ether oxygens (including phenoxy) is 2. The number of hydrogen-bond acceptors (Lipinski definition) is 6. The highest BCUT2D eigenvalue weighted by molar-refractivity contribution is 5.97. The number of hydrazone groups is 1. The van der Waals surface area contributed by atoms with Crippen LogP contribution in [0, 0.1) is 0 Å². The lowest BCUT2D eigenvalue weighted by Crippen LogP contribution is -2.17. The molecule has 0 aromatic heterocycles. The highest BCUT2D eigenvalue weighted by Crippen LogP contribution is 2.17. The number of nitrogens with one attached hydrogen (secondary N) is 1. The Balaban J connectivity index is 1.53. The van der Waals surface area contributed by atoms with E-state index in [1.54, 1.807) is 60.7 Å². The van der Waals surface area contributed by atoms with Crippen molar-refractivity contribution in [2.45, 2.75) is 13.3 Å². The molecule has 0 radical (unpaired) electrons. The number of carbonyl (C=O) groups excluding carboxylic acids is 2. The molecule has 0 fully saturated rings. The molecule has 0 saturated carbocycles. The molecular formula is C24H22N2O5. The summed E-state index contributed by atoms with van der Waals surface area (Å²) in [4.78, 5) is 24.3. The Bertz CT molecular complexity index is 1060. The van der Waals surface area contributed by atoms with Gasteiger partial charge in [-0.15, -0.1) is 0 Å². The fourth-order valence-electron chi connectivity index (χ4n) is 2.59. The van der Waals surface area contributed by atoms with Gasteiger partial charge in [0.1, 0.15) is 17.2 Å². The largest absolute Gasteiger partial charge is 0.507 e. The van der Waals surface area contributed by atoms with Crippen LogP contribution in [0.2, 0.25) is 0 Å². The molecule has 0 spiro atoms. The van der Waals surface area contributed by atoms with Crippen LogP contribution in [0.1, 0.15) is 39.6 Å². The van der Waals surface area contributed by atoms with Gasteiger partial charge in [0.2, 0.25) is 0 Å². The highest BCUT2D eigenvalue weighted by atomic mass is 16.5. The van der Waals surface area contributed by atoms with Crippen LogP contribution in [-0.4, -0.2) is 29.8 Å². The van der Waals surface area contributed by atoms with Crippen LogP contribution < -0.4 is 14.9 Å². The summed E-state index contributed by atoms with van der Waals surface area (Å²) in [5, 5.41) is 13.5. The molecule has 0 aliphatic heterocycles. The van der Waals surface area contributed by atoms with E-state index in [1.807, 2.05) is 6.92 Å². The molecule has 0 atom stereocenters. The van der Waals surface area contributed by atoms with Gasteiger partial charge in [-0.2, -0.15) is 5.10 Å². The second-order valence-electron chi connectivity index (χ2n) is 6.55. The van der Waals surface area contributed by atoms with Gasteiger partial charge in [-0.05, 0) is 72.6 Å². The second-order valence-corrected chi connectivity index (χ2v) is 6.55. The van der Waals surface area contributed by atoms with Gasteiger partial charge in [0.05, 0.1) is 23.9 Å². The maximum absolute atomic E-state index is 12.3. The van der Waals surface area contributed by atoms with Crippen molar-refractivity contribution < 1.29 is 24.2 Å². The quantitative estimate of drug-likeness (QED) is 0.248. The van der Waals surface area contributed by atoms with E-state index in [-0.39, 0.29) is 11.3 Å². The molecule has 7 nitrogen and oxygen atoms in total. The van der Waals surface area contributed by atoms with Crippen LogP contribution in [0.25, 0.3) is 0 Å². The molecule has 0 saturated heterocycles. The Kier molecular flexibility index (Phi) is 7.37. The lowest BCUT2D eigenvalue weighted by molar-refractivity contribution is 0.0734. The predicted octanol–water partition coefficient (Wildman–Crippen LogP) is 4.16. The average molecular weight is 418 g/mol. The molecule has 31 heavy (non-hydrogen) atoms. The average Bonchev–Trinajstić information content (AvgIpc) is 2.79. The fourth-order valence-corrected chi connectivity index (χ4v) is 2.59. The summed E-state index contributed by atoms with van der Waals surface area (Å²) in [6.07, 6.45) is 2.35. The predicted molar refractivity (Wildman–Crippen MR) is 117 cm³/mol. The summed E-state index contributed by atoms with van der Waals surface area (Å²) in [6.45, 7) is 2.65. The van der Waals surface area contributed by atoms with Crippen molar-refractivity contribution in [1.29, 1.82) is 0 Å². The third-order valence-corrected chi connectivity index (χ3v) is 4.18. The Morgan fingerprint density at radius 1 is 0.968 bits per heavy atom. The number of phenolic OH excluding ortho intramolecular Hbond substituents is 1. The summed E-state index contributed by atoms with van der Waals surface area (Å²) < 4.78 is 10.9. The zero-order valence-corrected chi connectivity index (χ0v) is 16.9. The third kappa shape index (κ3) is 6.17. The van der Waals surface area contributed by atoms with Gasteiger partial charge in [0.15, 0.2) is 0 Å². The molecule has 3 rings (SSSR count). The monoisotopic (exact) mass is 418 g/mol. The number of para-hydroxylation sites is 1. The standard InChI is InChI=1S/C24H22N2O5/c1-2-15-30-19-13-9-18(10-14-19)24(29)31-20-11-7-17(8-12-20)16-25-26-23(28)21-5-3-4-6-22(21)27/h3-14,16,27H,2,15H2,1H3,(H,26,28)/b25-16+. The first-order valence-corrected chi connectivity index (χ1v) is 9.73. The lowest BCUT2D eigenvalue weighted by atomic mass is 10.2. The van der Waals surface area contributed by atoms with Crippen molar-refractivity contribution in [1.82, 2.24) is 5.43 Å². The van der Waals surface area contributed by atoms with E-state index in [9.17, 15) is 14.7 Å². The first-order valence-electron chi connectivity index (χ1n) is 9.73.